The van der Waals surface area contributed by atoms with Crippen molar-refractivity contribution in [2.45, 2.75) is 19.8 Å². The Kier molecular flexibility index (Phi) is 7.29. The van der Waals surface area contributed by atoms with Crippen molar-refractivity contribution in [2.75, 3.05) is 6.61 Å². The summed E-state index contributed by atoms with van der Waals surface area (Å²) in [5.41, 5.74) is 1.65. The monoisotopic (exact) mass is 457 g/mol. The molecule has 0 unspecified atom stereocenters. The predicted molar refractivity (Wildman–Crippen MR) is 128 cm³/mol. The van der Waals surface area contributed by atoms with Gasteiger partial charge in [0.15, 0.2) is 0 Å². The zero-order valence-electron chi connectivity index (χ0n) is 18.6. The summed E-state index contributed by atoms with van der Waals surface area (Å²) in [6.07, 6.45) is 6.42. The van der Waals surface area contributed by atoms with E-state index in [2.05, 4.69) is 16.8 Å². The second kappa shape index (κ2) is 10.7. The van der Waals surface area contributed by atoms with E-state index in [4.69, 9.17) is 4.74 Å². The fourth-order valence-corrected chi connectivity index (χ4v) is 3.48. The molecule has 0 N–H and O–H groups in total. The van der Waals surface area contributed by atoms with Gasteiger partial charge in [-0.1, -0.05) is 36.1 Å². The Morgan fingerprint density at radius 1 is 0.853 bits per heavy atom. The maximum atomic E-state index is 14.6. The quantitative estimate of drug-likeness (QED) is 0.235. The average Bonchev–Trinajstić information content (AvgIpc) is 2.83. The van der Waals surface area contributed by atoms with Gasteiger partial charge in [-0.15, -0.1) is 0 Å². The normalized spacial score (nSPS) is 10.9. The zero-order chi connectivity index (χ0) is 23.9. The van der Waals surface area contributed by atoms with Gasteiger partial charge in [0.25, 0.3) is 0 Å². The summed E-state index contributed by atoms with van der Waals surface area (Å²) in [6.45, 7) is 2.40. The van der Waals surface area contributed by atoms with Crippen LogP contribution in [0.1, 0.15) is 29.3 Å². The number of ether oxygens (including phenoxy) is 1. The number of aromatic nitrogens is 1. The van der Waals surface area contributed by atoms with E-state index in [-0.39, 0.29) is 11.4 Å². The minimum absolute atomic E-state index is 0.274. The van der Waals surface area contributed by atoms with Crippen molar-refractivity contribution in [3.05, 3.63) is 119 Å². The summed E-state index contributed by atoms with van der Waals surface area (Å²) in [6, 6.07) is 15.9. The van der Waals surface area contributed by atoms with Gasteiger partial charge < -0.3 is 4.74 Å². The molecule has 2 nitrogen and oxygen atoms in total. The first-order chi connectivity index (χ1) is 16.5. The molecule has 0 radical (unpaired) electrons. The smallest absolute Gasteiger partial charge is 0.142 e. The molecule has 4 rings (SSSR count). The number of nitrogens with zero attached hydrogens (tertiary/aromatic N) is 1. The van der Waals surface area contributed by atoms with E-state index in [0.29, 0.717) is 36.3 Å². The third-order valence-electron chi connectivity index (χ3n) is 5.29. The fraction of sp³-hybridized carbons (Fsp3) is 0.138. The molecule has 170 valence electrons. The largest absolute Gasteiger partial charge is 0.488 e. The van der Waals surface area contributed by atoms with Crippen LogP contribution in [0.25, 0.3) is 10.8 Å². The number of rotatable bonds is 6. The van der Waals surface area contributed by atoms with Crippen LogP contribution >= 0.6 is 0 Å². The number of fused-ring (bicyclic) bond motifs is 1. The molecular weight excluding hydrogens is 435 g/mol. The standard InChI is InChI=1S/C29H22F3NO/c1-2-3-14-34-26-12-11-25(33-19-26)10-5-21-16-28(31)27(29(32)17-21)13-6-20-4-7-23-18-24(30)9-8-22(23)15-20/h2-4,7-9,11-12,15-19H,5,10,14H2,1H3/b3-2+. The molecule has 0 atom stereocenters. The van der Waals surface area contributed by atoms with Gasteiger partial charge in [-0.3, -0.25) is 4.98 Å². The highest BCUT2D eigenvalue weighted by Crippen LogP contribution is 2.19. The van der Waals surface area contributed by atoms with E-state index < -0.39 is 11.6 Å². The minimum atomic E-state index is -0.703. The van der Waals surface area contributed by atoms with Crippen LogP contribution in [0.2, 0.25) is 0 Å². The Bertz CT molecular complexity index is 1380. The average molecular weight is 457 g/mol. The summed E-state index contributed by atoms with van der Waals surface area (Å²) in [7, 11) is 0. The molecule has 0 bridgehead atoms. The lowest BCUT2D eigenvalue weighted by Crippen LogP contribution is -1.99. The van der Waals surface area contributed by atoms with E-state index in [0.717, 1.165) is 16.5 Å². The van der Waals surface area contributed by atoms with E-state index in [9.17, 15) is 13.2 Å². The first-order valence-corrected chi connectivity index (χ1v) is 10.9. The van der Waals surface area contributed by atoms with Gasteiger partial charge in [-0.25, -0.2) is 13.2 Å². The summed E-state index contributed by atoms with van der Waals surface area (Å²) in [5, 5.41) is 1.54. The van der Waals surface area contributed by atoms with Gasteiger partial charge in [-0.05, 0) is 84.6 Å². The Hall–Kier alpha value is -4.04. The maximum Gasteiger partial charge on any atom is 0.142 e. The van der Waals surface area contributed by atoms with Crippen molar-refractivity contribution >= 4 is 10.8 Å². The van der Waals surface area contributed by atoms with Crippen LogP contribution in [-0.4, -0.2) is 11.6 Å². The summed E-state index contributed by atoms with van der Waals surface area (Å²) in [4.78, 5) is 4.34. The van der Waals surface area contributed by atoms with Crippen molar-refractivity contribution in [3.63, 3.8) is 0 Å². The lowest BCUT2D eigenvalue weighted by Gasteiger charge is -2.06. The molecule has 0 aliphatic heterocycles. The Balaban J connectivity index is 1.44. The summed E-state index contributed by atoms with van der Waals surface area (Å²) >= 11 is 0. The van der Waals surface area contributed by atoms with E-state index in [1.165, 1.54) is 24.3 Å². The van der Waals surface area contributed by atoms with E-state index in [1.807, 2.05) is 31.2 Å². The number of halogens is 3. The second-order valence-electron chi connectivity index (χ2n) is 7.76. The number of hydrogen-bond acceptors (Lipinski definition) is 2. The molecule has 1 aromatic heterocycles. The number of pyridine rings is 1. The number of aryl methyl sites for hydroxylation is 2. The van der Waals surface area contributed by atoms with Crippen LogP contribution in [0.3, 0.4) is 0 Å². The van der Waals surface area contributed by atoms with E-state index in [1.54, 1.807) is 30.5 Å². The Morgan fingerprint density at radius 3 is 2.35 bits per heavy atom. The highest BCUT2D eigenvalue weighted by atomic mass is 19.1. The molecule has 0 aliphatic carbocycles. The van der Waals surface area contributed by atoms with Gasteiger partial charge in [-0.2, -0.15) is 0 Å². The fourth-order valence-electron chi connectivity index (χ4n) is 3.48. The lowest BCUT2D eigenvalue weighted by molar-refractivity contribution is 0.361. The topological polar surface area (TPSA) is 22.1 Å². The zero-order valence-corrected chi connectivity index (χ0v) is 18.6. The van der Waals surface area contributed by atoms with Crippen molar-refractivity contribution in [3.8, 4) is 17.6 Å². The molecule has 0 saturated heterocycles. The van der Waals surface area contributed by atoms with Crippen molar-refractivity contribution in [2.24, 2.45) is 0 Å². The molecule has 1 heterocycles. The summed E-state index contributed by atoms with van der Waals surface area (Å²) in [5.74, 6) is 4.34. The number of allylic oxidation sites excluding steroid dienone is 1. The molecule has 0 amide bonds. The molecule has 34 heavy (non-hydrogen) atoms. The van der Waals surface area contributed by atoms with Gasteiger partial charge in [0.05, 0.1) is 11.8 Å². The number of hydrogen-bond donors (Lipinski definition) is 0. The van der Waals surface area contributed by atoms with Crippen LogP contribution in [0.5, 0.6) is 5.75 Å². The van der Waals surface area contributed by atoms with Gasteiger partial charge in [0, 0.05) is 11.3 Å². The second-order valence-corrected chi connectivity index (χ2v) is 7.76. The number of benzene rings is 3. The molecule has 0 saturated carbocycles. The molecule has 0 aliphatic rings. The van der Waals surface area contributed by atoms with Crippen LogP contribution in [-0.2, 0) is 12.8 Å². The maximum absolute atomic E-state index is 14.6. The first kappa shape index (κ1) is 23.1. The Morgan fingerprint density at radius 2 is 1.62 bits per heavy atom. The third kappa shape index (κ3) is 5.85. The highest BCUT2D eigenvalue weighted by molar-refractivity contribution is 5.84. The van der Waals surface area contributed by atoms with Gasteiger partial charge in [0.2, 0.25) is 0 Å². The molecule has 0 fully saturated rings. The molecule has 0 spiro atoms. The van der Waals surface area contributed by atoms with E-state index >= 15 is 0 Å². The Labute approximate surface area is 196 Å². The SMILES string of the molecule is C/C=C/COc1ccc(CCc2cc(F)c(C#Cc3ccc4cc(F)ccc4c3)c(F)c2)nc1. The van der Waals surface area contributed by atoms with Crippen molar-refractivity contribution in [1.82, 2.24) is 4.98 Å². The molecule has 3 aromatic carbocycles. The molecule has 5 heteroatoms. The van der Waals surface area contributed by atoms with Crippen LogP contribution in [0, 0.1) is 29.3 Å². The summed E-state index contributed by atoms with van der Waals surface area (Å²) < 4.78 is 48.1. The molecular formula is C29H22F3NO. The van der Waals surface area contributed by atoms with Gasteiger partial charge >= 0.3 is 0 Å². The third-order valence-corrected chi connectivity index (χ3v) is 5.29. The van der Waals surface area contributed by atoms with Crippen molar-refractivity contribution < 1.29 is 17.9 Å². The minimum Gasteiger partial charge on any atom is -0.488 e. The van der Waals surface area contributed by atoms with Crippen LogP contribution in [0.4, 0.5) is 13.2 Å². The predicted octanol–water partition coefficient (Wildman–Crippen LogP) is 6.79. The van der Waals surface area contributed by atoms with Crippen LogP contribution < -0.4 is 4.74 Å². The lowest BCUT2D eigenvalue weighted by atomic mass is 10.0. The highest BCUT2D eigenvalue weighted by Gasteiger charge is 2.10. The molecule has 4 aromatic rings. The first-order valence-electron chi connectivity index (χ1n) is 10.9. The van der Waals surface area contributed by atoms with Crippen molar-refractivity contribution in [1.29, 1.82) is 0 Å². The van der Waals surface area contributed by atoms with Crippen LogP contribution in [0.15, 0.2) is 79.0 Å². The van der Waals surface area contributed by atoms with Gasteiger partial charge in [0.1, 0.15) is 29.8 Å².